The number of phenols is 1. The lowest BCUT2D eigenvalue weighted by atomic mass is 10.1. The van der Waals surface area contributed by atoms with Gasteiger partial charge in [-0.3, -0.25) is 19.8 Å². The highest BCUT2D eigenvalue weighted by atomic mass is 79.9. The zero-order valence-corrected chi connectivity index (χ0v) is 15.9. The Morgan fingerprint density at radius 2 is 2.08 bits per heavy atom. The number of thioether (sulfide) groups is 1. The van der Waals surface area contributed by atoms with Crippen LogP contribution in [0.15, 0.2) is 45.8 Å². The predicted octanol–water partition coefficient (Wildman–Crippen LogP) is 4.61. The van der Waals surface area contributed by atoms with E-state index in [1.165, 1.54) is 35.2 Å². The van der Waals surface area contributed by atoms with Crippen LogP contribution < -0.4 is 4.90 Å². The molecule has 0 spiro atoms. The van der Waals surface area contributed by atoms with Gasteiger partial charge in [0.25, 0.3) is 5.91 Å². The Balaban J connectivity index is 2.00. The molecule has 0 radical (unpaired) electrons. The highest BCUT2D eigenvalue weighted by Gasteiger charge is 2.33. The average Bonchev–Trinajstić information content (AvgIpc) is 2.84. The topological polar surface area (TPSA) is 83.7 Å². The molecule has 1 fully saturated rings. The summed E-state index contributed by atoms with van der Waals surface area (Å²) in [5.74, 6) is -1.46. The largest absolute Gasteiger partial charge is 0.501 e. The van der Waals surface area contributed by atoms with Crippen LogP contribution in [0.2, 0.25) is 0 Å². The van der Waals surface area contributed by atoms with E-state index >= 15 is 0 Å². The number of nitro groups is 1. The van der Waals surface area contributed by atoms with Gasteiger partial charge in [0.15, 0.2) is 4.32 Å². The van der Waals surface area contributed by atoms with Crippen molar-refractivity contribution < 1.29 is 19.2 Å². The fraction of sp³-hybridized carbons (Fsp3) is 0. The molecule has 2 aromatic rings. The molecule has 6 nitrogen and oxygen atoms in total. The first-order chi connectivity index (χ1) is 12.3. The van der Waals surface area contributed by atoms with E-state index < -0.39 is 28.1 Å². The summed E-state index contributed by atoms with van der Waals surface area (Å²) in [6.45, 7) is 0. The maximum atomic E-state index is 13.4. The molecule has 26 heavy (non-hydrogen) atoms. The van der Waals surface area contributed by atoms with Crippen LogP contribution in [0.25, 0.3) is 6.08 Å². The van der Waals surface area contributed by atoms with Gasteiger partial charge in [0.1, 0.15) is 5.82 Å². The minimum absolute atomic E-state index is 0.124. The molecule has 1 aliphatic heterocycles. The van der Waals surface area contributed by atoms with Crippen molar-refractivity contribution in [3.05, 3.63) is 67.3 Å². The molecule has 2 aromatic carbocycles. The number of hydrogen-bond acceptors (Lipinski definition) is 6. The van der Waals surface area contributed by atoms with Crippen LogP contribution >= 0.6 is 39.9 Å². The number of halogens is 2. The van der Waals surface area contributed by atoms with E-state index in [-0.39, 0.29) is 13.7 Å². The Bertz CT molecular complexity index is 996. The first-order valence-electron chi connectivity index (χ1n) is 6.98. The smallest absolute Gasteiger partial charge is 0.312 e. The Kier molecular flexibility index (Phi) is 5.08. The van der Waals surface area contributed by atoms with E-state index in [2.05, 4.69) is 15.9 Å². The summed E-state index contributed by atoms with van der Waals surface area (Å²) in [5, 5.41) is 20.7. The van der Waals surface area contributed by atoms with Gasteiger partial charge >= 0.3 is 5.69 Å². The van der Waals surface area contributed by atoms with Gasteiger partial charge in [0.2, 0.25) is 5.75 Å². The number of phenolic OH excluding ortho intramolecular Hbond substituents is 1. The first-order valence-corrected chi connectivity index (χ1v) is 9.00. The number of nitrogens with zero attached hydrogens (tertiary/aromatic N) is 2. The Labute approximate surface area is 164 Å². The lowest BCUT2D eigenvalue weighted by Gasteiger charge is -2.14. The lowest BCUT2D eigenvalue weighted by molar-refractivity contribution is -0.386. The van der Waals surface area contributed by atoms with Crippen molar-refractivity contribution in [3.8, 4) is 5.75 Å². The number of hydrogen-bond donors (Lipinski definition) is 1. The van der Waals surface area contributed by atoms with Gasteiger partial charge in [0.05, 0.1) is 20.0 Å². The molecule has 1 heterocycles. The third kappa shape index (κ3) is 3.48. The van der Waals surface area contributed by atoms with Crippen molar-refractivity contribution in [3.63, 3.8) is 0 Å². The molecular formula is C16H8BrFN2O4S2. The number of rotatable bonds is 3. The third-order valence-corrected chi connectivity index (χ3v) is 5.33. The van der Waals surface area contributed by atoms with Gasteiger partial charge in [-0.15, -0.1) is 0 Å². The van der Waals surface area contributed by atoms with Crippen molar-refractivity contribution in [1.29, 1.82) is 0 Å². The minimum Gasteiger partial charge on any atom is -0.501 e. The summed E-state index contributed by atoms with van der Waals surface area (Å²) < 4.78 is 13.8. The van der Waals surface area contributed by atoms with Crippen LogP contribution in [0.1, 0.15) is 5.56 Å². The summed E-state index contributed by atoms with van der Waals surface area (Å²) in [6.07, 6.45) is 1.43. The normalized spacial score (nSPS) is 15.8. The number of anilines is 1. The van der Waals surface area contributed by atoms with E-state index in [9.17, 15) is 24.4 Å². The number of aromatic hydroxyl groups is 1. The second-order valence-electron chi connectivity index (χ2n) is 5.12. The van der Waals surface area contributed by atoms with Crippen molar-refractivity contribution in [2.75, 3.05) is 4.90 Å². The summed E-state index contributed by atoms with van der Waals surface area (Å²) >= 11 is 9.24. The standard InChI is InChI=1S/C16H8BrFN2O4S2/c17-11-4-8(5-12(14(11)21)20(23)24)6-13-15(22)19(16(25)26-13)10-3-1-2-9(18)7-10/h1-7,21H/b13-6+. The molecule has 1 aliphatic rings. The minimum atomic E-state index is -0.727. The fourth-order valence-electron chi connectivity index (χ4n) is 2.28. The van der Waals surface area contributed by atoms with Gasteiger partial charge in [-0.1, -0.05) is 30.0 Å². The van der Waals surface area contributed by atoms with Crippen LogP contribution in [0.5, 0.6) is 5.75 Å². The van der Waals surface area contributed by atoms with E-state index in [1.807, 2.05) is 0 Å². The SMILES string of the molecule is O=C1/C(=C\c2cc(Br)c(O)c([N+](=O)[O-])c2)SC(=S)N1c1cccc(F)c1. The van der Waals surface area contributed by atoms with Crippen LogP contribution in [-0.2, 0) is 4.79 Å². The number of thiocarbonyl (C=S) groups is 1. The summed E-state index contributed by atoms with van der Waals surface area (Å²) in [5.41, 5.74) is 0.140. The molecule has 1 amide bonds. The van der Waals surface area contributed by atoms with Crippen LogP contribution in [-0.4, -0.2) is 20.3 Å². The van der Waals surface area contributed by atoms with Crippen molar-refractivity contribution in [2.24, 2.45) is 0 Å². The second kappa shape index (κ2) is 7.14. The summed E-state index contributed by atoms with van der Waals surface area (Å²) in [7, 11) is 0. The maximum absolute atomic E-state index is 13.4. The number of carbonyl (C=O) groups excluding carboxylic acids is 1. The number of nitro benzene ring substituents is 1. The van der Waals surface area contributed by atoms with Gasteiger partial charge in [-0.05, 0) is 51.8 Å². The second-order valence-corrected chi connectivity index (χ2v) is 7.65. The lowest BCUT2D eigenvalue weighted by Crippen LogP contribution is -2.27. The van der Waals surface area contributed by atoms with Crippen LogP contribution in [0.3, 0.4) is 0 Å². The third-order valence-electron chi connectivity index (χ3n) is 3.42. The predicted molar refractivity (Wildman–Crippen MR) is 105 cm³/mol. The summed E-state index contributed by atoms with van der Waals surface area (Å²) in [6, 6.07) is 8.05. The van der Waals surface area contributed by atoms with Gasteiger partial charge < -0.3 is 5.11 Å². The average molecular weight is 455 g/mol. The highest BCUT2D eigenvalue weighted by molar-refractivity contribution is 9.10. The molecule has 132 valence electrons. The van der Waals surface area contributed by atoms with Crippen molar-refractivity contribution in [1.82, 2.24) is 0 Å². The van der Waals surface area contributed by atoms with Crippen molar-refractivity contribution >= 4 is 67.6 Å². The van der Waals surface area contributed by atoms with Crippen LogP contribution in [0.4, 0.5) is 15.8 Å². The molecule has 0 aliphatic carbocycles. The molecule has 10 heteroatoms. The van der Waals surface area contributed by atoms with Gasteiger partial charge in [-0.25, -0.2) is 4.39 Å². The van der Waals surface area contributed by atoms with Crippen molar-refractivity contribution in [2.45, 2.75) is 0 Å². The molecule has 0 unspecified atom stereocenters. The molecular weight excluding hydrogens is 447 g/mol. The quantitative estimate of drug-likeness (QED) is 0.315. The van der Waals surface area contributed by atoms with E-state index in [0.717, 1.165) is 17.8 Å². The molecule has 1 N–H and O–H groups in total. The number of carbonyl (C=O) groups is 1. The van der Waals surface area contributed by atoms with Gasteiger partial charge in [0, 0.05) is 6.07 Å². The molecule has 0 aromatic heterocycles. The molecule has 3 rings (SSSR count). The molecule has 0 atom stereocenters. The maximum Gasteiger partial charge on any atom is 0.312 e. The number of benzene rings is 2. The molecule has 0 saturated carbocycles. The van der Waals surface area contributed by atoms with E-state index in [1.54, 1.807) is 6.07 Å². The fourth-order valence-corrected chi connectivity index (χ4v) is 4.05. The Morgan fingerprint density at radius 1 is 1.35 bits per heavy atom. The van der Waals surface area contributed by atoms with E-state index in [4.69, 9.17) is 12.2 Å². The van der Waals surface area contributed by atoms with Crippen LogP contribution in [0, 0.1) is 15.9 Å². The first kappa shape index (κ1) is 18.5. The highest BCUT2D eigenvalue weighted by Crippen LogP contribution is 2.39. The Hall–Kier alpha value is -2.30. The molecule has 1 saturated heterocycles. The summed E-state index contributed by atoms with van der Waals surface area (Å²) in [4.78, 5) is 24.3. The monoisotopic (exact) mass is 454 g/mol. The van der Waals surface area contributed by atoms with E-state index in [0.29, 0.717) is 11.3 Å². The van der Waals surface area contributed by atoms with Gasteiger partial charge in [-0.2, -0.15) is 0 Å². The Morgan fingerprint density at radius 3 is 2.73 bits per heavy atom. The zero-order valence-electron chi connectivity index (χ0n) is 12.7. The zero-order chi connectivity index (χ0) is 19.0. The molecule has 0 bridgehead atoms. The number of amides is 1.